The highest BCUT2D eigenvalue weighted by molar-refractivity contribution is 7.91. The summed E-state index contributed by atoms with van der Waals surface area (Å²) in [4.78, 5) is 64.0. The number of hydrogen-bond donors (Lipinski definition) is 3. The van der Waals surface area contributed by atoms with E-state index in [2.05, 4.69) is 16.0 Å². The summed E-state index contributed by atoms with van der Waals surface area (Å²) in [5, 5.41) is 6.70. The summed E-state index contributed by atoms with van der Waals surface area (Å²) in [7, 11) is 0. The SMILES string of the molecule is CCN1CCN(C(=O)NC(C(=O)N[C@@H]2C(=O)N[C@@H]2[S+](C)[O-])c2ccccc2)C(=O)C1=O. The van der Waals surface area contributed by atoms with E-state index >= 15 is 0 Å². The van der Waals surface area contributed by atoms with E-state index < -0.39 is 58.3 Å². The molecule has 0 saturated carbocycles. The van der Waals surface area contributed by atoms with Crippen molar-refractivity contribution in [2.24, 2.45) is 0 Å². The molecule has 166 valence electrons. The van der Waals surface area contributed by atoms with Crippen molar-refractivity contribution in [3.05, 3.63) is 35.9 Å². The smallest absolute Gasteiger partial charge is 0.325 e. The lowest BCUT2D eigenvalue weighted by Crippen LogP contribution is -2.72. The van der Waals surface area contributed by atoms with E-state index in [1.165, 1.54) is 11.2 Å². The van der Waals surface area contributed by atoms with E-state index in [9.17, 15) is 28.5 Å². The molecule has 2 aliphatic heterocycles. The molecule has 31 heavy (non-hydrogen) atoms. The quantitative estimate of drug-likeness (QED) is 0.272. The third-order valence-electron chi connectivity index (χ3n) is 5.12. The third kappa shape index (κ3) is 4.64. The molecule has 12 heteroatoms. The number of likely N-dealkylation sites (N-methyl/N-ethyl adjacent to an activating group) is 1. The average Bonchev–Trinajstić information content (AvgIpc) is 2.75. The van der Waals surface area contributed by atoms with Gasteiger partial charge in [0.1, 0.15) is 6.04 Å². The van der Waals surface area contributed by atoms with Gasteiger partial charge in [-0.15, -0.1) is 0 Å². The number of β-lactam (4-membered cyclic amide) rings is 1. The van der Waals surface area contributed by atoms with Gasteiger partial charge in [-0.05, 0) is 23.7 Å². The van der Waals surface area contributed by atoms with Crippen molar-refractivity contribution in [1.29, 1.82) is 0 Å². The molecule has 0 aliphatic carbocycles. The highest BCUT2D eigenvalue weighted by atomic mass is 32.2. The van der Waals surface area contributed by atoms with E-state index in [-0.39, 0.29) is 13.1 Å². The number of hydrogen-bond acceptors (Lipinski definition) is 6. The minimum Gasteiger partial charge on any atom is -0.615 e. The lowest BCUT2D eigenvalue weighted by molar-refractivity contribution is -0.153. The predicted molar refractivity (Wildman–Crippen MR) is 110 cm³/mol. The summed E-state index contributed by atoms with van der Waals surface area (Å²) < 4.78 is 11.7. The number of piperazine rings is 1. The van der Waals surface area contributed by atoms with Crippen LogP contribution in [-0.2, 0) is 30.4 Å². The van der Waals surface area contributed by atoms with Gasteiger partial charge in [-0.3, -0.25) is 24.1 Å². The van der Waals surface area contributed by atoms with Crippen molar-refractivity contribution in [3.8, 4) is 0 Å². The van der Waals surface area contributed by atoms with Crippen LogP contribution in [0.15, 0.2) is 30.3 Å². The van der Waals surface area contributed by atoms with Crippen molar-refractivity contribution in [2.75, 3.05) is 25.9 Å². The minimum absolute atomic E-state index is 0.00467. The van der Waals surface area contributed by atoms with Crippen molar-refractivity contribution < 1.29 is 28.5 Å². The van der Waals surface area contributed by atoms with Gasteiger partial charge < -0.3 is 25.4 Å². The summed E-state index contributed by atoms with van der Waals surface area (Å²) in [5.41, 5.74) is 0.410. The van der Waals surface area contributed by atoms with Crippen molar-refractivity contribution >= 4 is 40.8 Å². The lowest BCUT2D eigenvalue weighted by Gasteiger charge is -2.37. The molecule has 1 aromatic carbocycles. The largest absolute Gasteiger partial charge is 0.615 e. The Hall–Kier alpha value is -3.12. The third-order valence-corrected chi connectivity index (χ3v) is 6.23. The molecule has 3 rings (SSSR count). The second-order valence-electron chi connectivity index (χ2n) is 7.05. The fourth-order valence-corrected chi connectivity index (χ4v) is 4.18. The van der Waals surface area contributed by atoms with Gasteiger partial charge in [-0.1, -0.05) is 30.3 Å². The highest BCUT2D eigenvalue weighted by Crippen LogP contribution is 2.18. The fourth-order valence-electron chi connectivity index (χ4n) is 3.32. The second kappa shape index (κ2) is 9.35. The minimum atomic E-state index is -1.41. The van der Waals surface area contributed by atoms with Gasteiger partial charge in [0.15, 0.2) is 6.04 Å². The molecule has 0 radical (unpaired) electrons. The molecule has 1 aromatic rings. The Labute approximate surface area is 181 Å². The highest BCUT2D eigenvalue weighted by Gasteiger charge is 2.48. The summed E-state index contributed by atoms with van der Waals surface area (Å²) in [5.74, 6) is -2.95. The van der Waals surface area contributed by atoms with Crippen LogP contribution in [0, 0.1) is 0 Å². The van der Waals surface area contributed by atoms with E-state index in [0.29, 0.717) is 12.1 Å². The van der Waals surface area contributed by atoms with E-state index in [1.54, 1.807) is 37.3 Å². The topological polar surface area (TPSA) is 151 Å². The number of carbonyl (C=O) groups is 5. The normalized spacial score (nSPS) is 22.9. The number of rotatable bonds is 6. The molecule has 3 N–H and O–H groups in total. The summed E-state index contributed by atoms with van der Waals surface area (Å²) in [6.45, 7) is 2.26. The van der Waals surface area contributed by atoms with E-state index in [0.717, 1.165) is 4.90 Å². The van der Waals surface area contributed by atoms with Crippen LogP contribution >= 0.6 is 0 Å². The van der Waals surface area contributed by atoms with Gasteiger partial charge in [-0.2, -0.15) is 0 Å². The number of imide groups is 1. The van der Waals surface area contributed by atoms with Crippen molar-refractivity contribution in [2.45, 2.75) is 24.4 Å². The zero-order chi connectivity index (χ0) is 22.7. The summed E-state index contributed by atoms with van der Waals surface area (Å²) in [6.07, 6.45) is 1.40. The molecule has 2 aliphatic rings. The number of urea groups is 1. The molecular weight excluding hydrogens is 426 g/mol. The molecule has 6 amide bonds. The first-order chi connectivity index (χ1) is 14.7. The summed E-state index contributed by atoms with van der Waals surface area (Å²) >= 11 is -1.41. The van der Waals surface area contributed by atoms with Gasteiger partial charge in [0, 0.05) is 19.6 Å². The maximum absolute atomic E-state index is 12.9. The number of nitrogens with zero attached hydrogens (tertiary/aromatic N) is 2. The Balaban J connectivity index is 1.76. The van der Waals surface area contributed by atoms with Crippen molar-refractivity contribution in [1.82, 2.24) is 25.8 Å². The molecule has 0 aromatic heterocycles. The van der Waals surface area contributed by atoms with Gasteiger partial charge >= 0.3 is 17.8 Å². The van der Waals surface area contributed by atoms with Crippen LogP contribution in [-0.4, -0.2) is 81.3 Å². The number of nitrogens with one attached hydrogen (secondary N) is 3. The van der Waals surface area contributed by atoms with E-state index in [1.807, 2.05) is 0 Å². The first-order valence-electron chi connectivity index (χ1n) is 9.63. The fraction of sp³-hybridized carbons (Fsp3) is 0.421. The molecule has 2 unspecified atom stereocenters. The van der Waals surface area contributed by atoms with Crippen LogP contribution in [0.2, 0.25) is 0 Å². The number of amides is 6. The predicted octanol–water partition coefficient (Wildman–Crippen LogP) is -1.55. The Morgan fingerprint density at radius 2 is 1.87 bits per heavy atom. The van der Waals surface area contributed by atoms with Crippen LogP contribution < -0.4 is 16.0 Å². The van der Waals surface area contributed by atoms with Gasteiger partial charge in [0.05, 0.1) is 6.26 Å². The van der Waals surface area contributed by atoms with Gasteiger partial charge in [-0.25, -0.2) is 4.79 Å². The standard InChI is InChI=1S/C19H23N5O6S/c1-3-23-9-10-24(18(28)17(23)27)19(29)21-12(11-7-5-4-6-8-11)14(25)20-13-15(26)22-16(13)31(2)30/h4-8,12-13,16H,3,9-10H2,1-2H3,(H,20,25)(H,21,29)(H,22,26)/t12?,13-,16-,31?/m1/s1. The molecule has 4 atom stereocenters. The second-order valence-corrected chi connectivity index (χ2v) is 8.55. The number of benzene rings is 1. The zero-order valence-corrected chi connectivity index (χ0v) is 17.8. The molecule has 0 spiro atoms. The molecule has 11 nitrogen and oxygen atoms in total. The van der Waals surface area contributed by atoms with Crippen LogP contribution in [0.25, 0.3) is 0 Å². The van der Waals surface area contributed by atoms with Crippen LogP contribution in [0.3, 0.4) is 0 Å². The van der Waals surface area contributed by atoms with Gasteiger partial charge in [0.25, 0.3) is 5.91 Å². The molecule has 2 saturated heterocycles. The average molecular weight is 449 g/mol. The lowest BCUT2D eigenvalue weighted by atomic mass is 10.0. The van der Waals surface area contributed by atoms with Crippen LogP contribution in [0.1, 0.15) is 18.5 Å². The van der Waals surface area contributed by atoms with E-state index in [4.69, 9.17) is 0 Å². The Morgan fingerprint density at radius 3 is 2.45 bits per heavy atom. The zero-order valence-electron chi connectivity index (χ0n) is 17.0. The molecule has 0 bridgehead atoms. The monoisotopic (exact) mass is 449 g/mol. The maximum atomic E-state index is 12.9. The van der Waals surface area contributed by atoms with Crippen molar-refractivity contribution in [3.63, 3.8) is 0 Å². The summed E-state index contributed by atoms with van der Waals surface area (Å²) in [6, 6.07) is 5.12. The molecule has 2 heterocycles. The first-order valence-corrected chi connectivity index (χ1v) is 11.3. The van der Waals surface area contributed by atoms with Crippen LogP contribution in [0.4, 0.5) is 4.79 Å². The molecule has 2 fully saturated rings. The molecular formula is C19H23N5O6S. The Bertz CT molecular complexity index is 895. The number of carbonyl (C=O) groups excluding carboxylic acids is 5. The Morgan fingerprint density at radius 1 is 1.19 bits per heavy atom. The first kappa shape index (κ1) is 22.6. The Kier molecular flexibility index (Phi) is 6.81. The van der Waals surface area contributed by atoms with Gasteiger partial charge in [0.2, 0.25) is 11.3 Å². The maximum Gasteiger partial charge on any atom is 0.325 e. The van der Waals surface area contributed by atoms with Crippen LogP contribution in [0.5, 0.6) is 0 Å².